The second-order valence-electron chi connectivity index (χ2n) is 3.78. The summed E-state index contributed by atoms with van der Waals surface area (Å²) in [6, 6.07) is 12.4. The van der Waals surface area contributed by atoms with Gasteiger partial charge in [-0.15, -0.1) is 0 Å². The van der Waals surface area contributed by atoms with Gasteiger partial charge in [-0.05, 0) is 39.7 Å². The minimum atomic E-state index is -0.245. The van der Waals surface area contributed by atoms with Crippen LogP contribution in [0.15, 0.2) is 46.9 Å². The molecule has 0 radical (unpaired) electrons. The summed E-state index contributed by atoms with van der Waals surface area (Å²) in [5.41, 5.74) is 1.70. The maximum atomic E-state index is 13.4. The van der Waals surface area contributed by atoms with Crippen molar-refractivity contribution in [3.05, 3.63) is 63.9 Å². The molecule has 0 aliphatic rings. The molecule has 0 aliphatic carbocycles. The molecule has 0 heterocycles. The van der Waals surface area contributed by atoms with Crippen molar-refractivity contribution in [2.24, 2.45) is 0 Å². The topological polar surface area (TPSA) is 9.23 Å². The lowest BCUT2D eigenvalue weighted by Crippen LogP contribution is -1.98. The summed E-state index contributed by atoms with van der Waals surface area (Å²) >= 11 is 6.83. The summed E-state index contributed by atoms with van der Waals surface area (Å²) in [6.45, 7) is 0.221. The summed E-state index contributed by atoms with van der Waals surface area (Å²) in [5, 5.41) is 0.791. The molecule has 0 amide bonds. The molecule has 2 aromatic rings. The van der Waals surface area contributed by atoms with E-state index < -0.39 is 0 Å². The van der Waals surface area contributed by atoms with Crippen molar-refractivity contribution in [3.63, 3.8) is 0 Å². The standard InChI is InChI=1S/C14H11Br2FO/c15-8-10-5-6-14(12(16)7-10)18-9-11-3-1-2-4-13(11)17/h1-7H,8-9H2. The van der Waals surface area contributed by atoms with Gasteiger partial charge >= 0.3 is 0 Å². The van der Waals surface area contributed by atoms with Crippen LogP contribution in [0.25, 0.3) is 0 Å². The second kappa shape index (κ2) is 6.34. The van der Waals surface area contributed by atoms with Crippen molar-refractivity contribution >= 4 is 31.9 Å². The number of hydrogen-bond acceptors (Lipinski definition) is 1. The van der Waals surface area contributed by atoms with Crippen LogP contribution < -0.4 is 4.74 Å². The van der Waals surface area contributed by atoms with Crippen LogP contribution in [0.1, 0.15) is 11.1 Å². The molecule has 1 nitrogen and oxygen atoms in total. The zero-order valence-corrected chi connectivity index (χ0v) is 12.7. The highest BCUT2D eigenvalue weighted by atomic mass is 79.9. The zero-order valence-electron chi connectivity index (χ0n) is 9.50. The van der Waals surface area contributed by atoms with E-state index in [9.17, 15) is 4.39 Å². The first-order chi connectivity index (χ1) is 8.70. The smallest absolute Gasteiger partial charge is 0.134 e. The Morgan fingerprint density at radius 3 is 2.56 bits per heavy atom. The molecule has 0 spiro atoms. The molecule has 0 saturated heterocycles. The molecule has 94 valence electrons. The first-order valence-electron chi connectivity index (χ1n) is 5.41. The van der Waals surface area contributed by atoms with E-state index in [1.54, 1.807) is 18.2 Å². The van der Waals surface area contributed by atoms with E-state index in [1.165, 1.54) is 6.07 Å². The average molecular weight is 374 g/mol. The van der Waals surface area contributed by atoms with E-state index in [4.69, 9.17) is 4.74 Å². The lowest BCUT2D eigenvalue weighted by Gasteiger charge is -2.09. The number of alkyl halides is 1. The highest BCUT2D eigenvalue weighted by Crippen LogP contribution is 2.27. The molecule has 0 bridgehead atoms. The zero-order chi connectivity index (χ0) is 13.0. The molecule has 0 unspecified atom stereocenters. The second-order valence-corrected chi connectivity index (χ2v) is 5.19. The van der Waals surface area contributed by atoms with Crippen molar-refractivity contribution in [1.29, 1.82) is 0 Å². The van der Waals surface area contributed by atoms with Gasteiger partial charge in [0.1, 0.15) is 18.2 Å². The Kier molecular flexibility index (Phi) is 4.78. The van der Waals surface area contributed by atoms with Gasteiger partial charge in [-0.2, -0.15) is 0 Å². The average Bonchev–Trinajstić information content (AvgIpc) is 2.39. The Hall–Kier alpha value is -0.870. The molecule has 0 atom stereocenters. The Bertz CT molecular complexity index is 543. The number of hydrogen-bond donors (Lipinski definition) is 0. The number of ether oxygens (including phenoxy) is 1. The normalized spacial score (nSPS) is 10.4. The van der Waals surface area contributed by atoms with Crippen LogP contribution in [-0.2, 0) is 11.9 Å². The van der Waals surface area contributed by atoms with Gasteiger partial charge in [0.25, 0.3) is 0 Å². The van der Waals surface area contributed by atoms with Gasteiger partial charge in [-0.3, -0.25) is 0 Å². The van der Waals surface area contributed by atoms with Crippen molar-refractivity contribution in [2.45, 2.75) is 11.9 Å². The molecular weight excluding hydrogens is 363 g/mol. The van der Waals surface area contributed by atoms with Gasteiger partial charge in [0.2, 0.25) is 0 Å². The van der Waals surface area contributed by atoms with Crippen LogP contribution in [0.5, 0.6) is 5.75 Å². The van der Waals surface area contributed by atoms with Crippen LogP contribution in [0, 0.1) is 5.82 Å². The Morgan fingerprint density at radius 1 is 1.11 bits per heavy atom. The van der Waals surface area contributed by atoms with Crippen molar-refractivity contribution in [2.75, 3.05) is 0 Å². The third kappa shape index (κ3) is 3.33. The first kappa shape index (κ1) is 13.6. The molecule has 0 aliphatic heterocycles. The van der Waals surface area contributed by atoms with Crippen LogP contribution in [-0.4, -0.2) is 0 Å². The molecular formula is C14H11Br2FO. The summed E-state index contributed by atoms with van der Waals surface area (Å²) in [7, 11) is 0. The molecule has 0 saturated carbocycles. The van der Waals surface area contributed by atoms with Crippen LogP contribution in [0.3, 0.4) is 0 Å². The fourth-order valence-electron chi connectivity index (χ4n) is 1.52. The van der Waals surface area contributed by atoms with Gasteiger partial charge in [-0.25, -0.2) is 4.39 Å². The summed E-state index contributed by atoms with van der Waals surface area (Å²) in [6.07, 6.45) is 0. The van der Waals surface area contributed by atoms with E-state index in [-0.39, 0.29) is 12.4 Å². The summed E-state index contributed by atoms with van der Waals surface area (Å²) in [5.74, 6) is 0.466. The Morgan fingerprint density at radius 2 is 1.89 bits per heavy atom. The molecule has 0 fully saturated rings. The fraction of sp³-hybridized carbons (Fsp3) is 0.143. The molecule has 2 rings (SSSR count). The maximum absolute atomic E-state index is 13.4. The highest BCUT2D eigenvalue weighted by Gasteiger charge is 2.05. The number of benzene rings is 2. The summed E-state index contributed by atoms with van der Waals surface area (Å²) in [4.78, 5) is 0. The maximum Gasteiger partial charge on any atom is 0.134 e. The predicted octanol–water partition coefficient (Wildman–Crippen LogP) is 5.06. The van der Waals surface area contributed by atoms with E-state index >= 15 is 0 Å². The van der Waals surface area contributed by atoms with E-state index in [1.807, 2.05) is 18.2 Å². The van der Waals surface area contributed by atoms with E-state index in [2.05, 4.69) is 31.9 Å². The Balaban J connectivity index is 2.09. The number of rotatable bonds is 4. The minimum Gasteiger partial charge on any atom is -0.488 e. The third-order valence-electron chi connectivity index (χ3n) is 2.49. The molecule has 4 heteroatoms. The minimum absolute atomic E-state index is 0.221. The molecule has 0 N–H and O–H groups in total. The first-order valence-corrected chi connectivity index (χ1v) is 7.32. The molecule has 2 aromatic carbocycles. The van der Waals surface area contributed by atoms with Crippen molar-refractivity contribution in [1.82, 2.24) is 0 Å². The van der Waals surface area contributed by atoms with E-state index in [0.29, 0.717) is 11.3 Å². The quantitative estimate of drug-likeness (QED) is 0.680. The third-order valence-corrected chi connectivity index (χ3v) is 3.76. The number of halogens is 3. The van der Waals surface area contributed by atoms with E-state index in [0.717, 1.165) is 15.4 Å². The monoisotopic (exact) mass is 372 g/mol. The predicted molar refractivity (Wildman–Crippen MR) is 77.5 cm³/mol. The van der Waals surface area contributed by atoms with Crippen molar-refractivity contribution in [3.8, 4) is 5.75 Å². The largest absolute Gasteiger partial charge is 0.488 e. The van der Waals surface area contributed by atoms with Crippen molar-refractivity contribution < 1.29 is 9.13 Å². The van der Waals surface area contributed by atoms with Gasteiger partial charge in [-0.1, -0.05) is 40.2 Å². The van der Waals surface area contributed by atoms with Gasteiger partial charge in [0.05, 0.1) is 4.47 Å². The Labute approximate surface area is 122 Å². The highest BCUT2D eigenvalue weighted by molar-refractivity contribution is 9.10. The SMILES string of the molecule is Fc1ccccc1COc1ccc(CBr)cc1Br. The van der Waals surface area contributed by atoms with Crippen LogP contribution in [0.4, 0.5) is 4.39 Å². The van der Waals surface area contributed by atoms with Crippen LogP contribution in [0.2, 0.25) is 0 Å². The van der Waals surface area contributed by atoms with Gasteiger partial charge < -0.3 is 4.74 Å². The van der Waals surface area contributed by atoms with Crippen LogP contribution >= 0.6 is 31.9 Å². The molecule has 0 aromatic heterocycles. The van der Waals surface area contributed by atoms with Gasteiger partial charge in [0.15, 0.2) is 0 Å². The lowest BCUT2D eigenvalue weighted by atomic mass is 10.2. The van der Waals surface area contributed by atoms with Gasteiger partial charge in [0, 0.05) is 10.9 Å². The lowest BCUT2D eigenvalue weighted by molar-refractivity contribution is 0.298. The fourth-order valence-corrected chi connectivity index (χ4v) is 2.40. The summed E-state index contributed by atoms with van der Waals surface area (Å²) < 4.78 is 19.9. The molecule has 18 heavy (non-hydrogen) atoms.